The molecule has 6 heteroatoms. The van der Waals surface area contributed by atoms with E-state index in [9.17, 15) is 4.79 Å². The average molecular weight is 286 g/mol. The van der Waals surface area contributed by atoms with Crippen molar-refractivity contribution >= 4 is 11.9 Å². The van der Waals surface area contributed by atoms with Crippen molar-refractivity contribution in [1.82, 2.24) is 16.0 Å². The van der Waals surface area contributed by atoms with Crippen LogP contribution in [0.3, 0.4) is 0 Å². The third-order valence-corrected chi connectivity index (χ3v) is 3.07. The van der Waals surface area contributed by atoms with Gasteiger partial charge in [0, 0.05) is 26.7 Å². The molecule has 0 radical (unpaired) electrons. The van der Waals surface area contributed by atoms with E-state index in [-0.39, 0.29) is 12.5 Å². The van der Waals surface area contributed by atoms with Crippen molar-refractivity contribution in [2.75, 3.05) is 39.9 Å². The Labute approximate surface area is 122 Å². The first-order chi connectivity index (χ1) is 9.67. The number of nitrogens with zero attached hydrogens (tertiary/aromatic N) is 1. The van der Waals surface area contributed by atoms with Crippen LogP contribution in [0.4, 0.5) is 0 Å². The molecule has 0 aliphatic carbocycles. The predicted molar refractivity (Wildman–Crippen MR) is 82.9 cm³/mol. The molecule has 0 bridgehead atoms. The van der Waals surface area contributed by atoms with Crippen molar-refractivity contribution < 1.29 is 9.53 Å². The minimum absolute atomic E-state index is 0.0956. The summed E-state index contributed by atoms with van der Waals surface area (Å²) in [5.74, 6) is 1.23. The number of hydrogen-bond donors (Lipinski definition) is 3. The van der Waals surface area contributed by atoms with E-state index in [0.29, 0.717) is 25.0 Å². The van der Waals surface area contributed by atoms with Gasteiger partial charge in [0.25, 0.3) is 0 Å². The van der Waals surface area contributed by atoms with Gasteiger partial charge < -0.3 is 20.7 Å². The molecule has 1 amide bonds. The van der Waals surface area contributed by atoms with Gasteiger partial charge in [0.05, 0.1) is 6.61 Å². The molecular weight excluding hydrogens is 256 g/mol. The summed E-state index contributed by atoms with van der Waals surface area (Å²) in [6, 6.07) is 0. The third kappa shape index (κ3) is 9.61. The summed E-state index contributed by atoms with van der Waals surface area (Å²) in [5.41, 5.74) is 0. The van der Waals surface area contributed by atoms with Crippen LogP contribution in [0, 0.1) is 5.92 Å². The highest BCUT2D eigenvalue weighted by atomic mass is 16.5. The van der Waals surface area contributed by atoms with Crippen LogP contribution in [0.2, 0.25) is 0 Å². The second kappa shape index (κ2) is 12.7. The van der Waals surface area contributed by atoms with E-state index in [2.05, 4.69) is 34.8 Å². The van der Waals surface area contributed by atoms with Crippen LogP contribution in [0.1, 0.15) is 33.6 Å². The summed E-state index contributed by atoms with van der Waals surface area (Å²) in [6.07, 6.45) is 2.28. The van der Waals surface area contributed by atoms with E-state index < -0.39 is 0 Å². The summed E-state index contributed by atoms with van der Waals surface area (Å²) >= 11 is 0. The highest BCUT2D eigenvalue weighted by molar-refractivity contribution is 5.84. The van der Waals surface area contributed by atoms with E-state index in [0.717, 1.165) is 25.9 Å². The highest BCUT2D eigenvalue weighted by Crippen LogP contribution is 2.04. The van der Waals surface area contributed by atoms with Gasteiger partial charge in [0.1, 0.15) is 6.54 Å². The largest absolute Gasteiger partial charge is 0.383 e. The van der Waals surface area contributed by atoms with Gasteiger partial charge in [0.2, 0.25) is 5.91 Å². The van der Waals surface area contributed by atoms with Crippen molar-refractivity contribution in [2.24, 2.45) is 10.9 Å². The lowest BCUT2D eigenvalue weighted by Crippen LogP contribution is -2.40. The average Bonchev–Trinajstić information content (AvgIpc) is 2.46. The summed E-state index contributed by atoms with van der Waals surface area (Å²) in [5, 5.41) is 9.16. The Morgan fingerprint density at radius 1 is 1.15 bits per heavy atom. The number of rotatable bonds is 10. The van der Waals surface area contributed by atoms with Gasteiger partial charge in [-0.3, -0.25) is 4.79 Å². The zero-order valence-electron chi connectivity index (χ0n) is 13.3. The second-order valence-corrected chi connectivity index (χ2v) is 4.60. The number of nitrogens with one attached hydrogen (secondary N) is 3. The van der Waals surface area contributed by atoms with E-state index >= 15 is 0 Å². The van der Waals surface area contributed by atoms with E-state index in [1.54, 1.807) is 7.11 Å². The van der Waals surface area contributed by atoms with Gasteiger partial charge in [-0.2, -0.15) is 0 Å². The first-order valence-corrected chi connectivity index (χ1v) is 7.45. The SMILES string of the molecule is CCNC(=NCC(=O)NCCOC)NCC(CC)CC. The van der Waals surface area contributed by atoms with Gasteiger partial charge in [0.15, 0.2) is 5.96 Å². The molecule has 0 fully saturated rings. The van der Waals surface area contributed by atoms with Gasteiger partial charge in [-0.1, -0.05) is 26.7 Å². The van der Waals surface area contributed by atoms with Gasteiger partial charge in [-0.25, -0.2) is 4.99 Å². The quantitative estimate of drug-likeness (QED) is 0.315. The van der Waals surface area contributed by atoms with Crippen molar-refractivity contribution in [2.45, 2.75) is 33.6 Å². The molecule has 6 nitrogen and oxygen atoms in total. The molecule has 0 aliphatic heterocycles. The van der Waals surface area contributed by atoms with Crippen LogP contribution < -0.4 is 16.0 Å². The Morgan fingerprint density at radius 3 is 2.40 bits per heavy atom. The lowest BCUT2D eigenvalue weighted by molar-refractivity contribution is -0.119. The molecule has 0 saturated carbocycles. The van der Waals surface area contributed by atoms with Gasteiger partial charge >= 0.3 is 0 Å². The normalized spacial score (nSPS) is 11.6. The minimum atomic E-state index is -0.0956. The summed E-state index contributed by atoms with van der Waals surface area (Å²) in [7, 11) is 1.61. The number of ether oxygens (including phenoxy) is 1. The van der Waals surface area contributed by atoms with Gasteiger partial charge in [-0.05, 0) is 12.8 Å². The third-order valence-electron chi connectivity index (χ3n) is 3.07. The lowest BCUT2D eigenvalue weighted by atomic mass is 10.0. The molecule has 0 aromatic heterocycles. The molecule has 0 atom stereocenters. The number of carbonyl (C=O) groups is 1. The predicted octanol–water partition coefficient (Wildman–Crippen LogP) is 0.740. The molecule has 0 aromatic carbocycles. The zero-order chi connectivity index (χ0) is 15.2. The molecule has 0 saturated heterocycles. The molecule has 0 aliphatic rings. The second-order valence-electron chi connectivity index (χ2n) is 4.60. The summed E-state index contributed by atoms with van der Waals surface area (Å²) in [4.78, 5) is 15.8. The molecule has 118 valence electrons. The Kier molecular flexibility index (Phi) is 11.9. The number of guanidine groups is 1. The summed E-state index contributed by atoms with van der Waals surface area (Å²) in [6.45, 7) is 9.19. The first kappa shape index (κ1) is 18.7. The first-order valence-electron chi connectivity index (χ1n) is 7.45. The molecule has 20 heavy (non-hydrogen) atoms. The zero-order valence-corrected chi connectivity index (χ0v) is 13.3. The van der Waals surface area contributed by atoms with Crippen molar-refractivity contribution in [3.63, 3.8) is 0 Å². The van der Waals surface area contributed by atoms with Gasteiger partial charge in [-0.15, -0.1) is 0 Å². The molecule has 0 spiro atoms. The summed E-state index contributed by atoms with van der Waals surface area (Å²) < 4.78 is 4.87. The Balaban J connectivity index is 4.14. The Bertz CT molecular complexity index is 278. The smallest absolute Gasteiger partial charge is 0.241 e. The number of carbonyl (C=O) groups excluding carboxylic acids is 1. The number of aliphatic imine (C=N–C) groups is 1. The van der Waals surface area contributed by atoms with Crippen LogP contribution >= 0.6 is 0 Å². The maximum atomic E-state index is 11.5. The maximum absolute atomic E-state index is 11.5. The van der Waals surface area contributed by atoms with Crippen LogP contribution in [0.15, 0.2) is 4.99 Å². The molecule has 0 unspecified atom stereocenters. The molecule has 0 rings (SSSR count). The van der Waals surface area contributed by atoms with Crippen molar-refractivity contribution in [1.29, 1.82) is 0 Å². The van der Waals surface area contributed by atoms with Crippen LogP contribution in [0.25, 0.3) is 0 Å². The fraction of sp³-hybridized carbons (Fsp3) is 0.857. The van der Waals surface area contributed by atoms with E-state index in [1.165, 1.54) is 0 Å². The molecule has 0 aromatic rings. The number of hydrogen-bond acceptors (Lipinski definition) is 3. The van der Waals surface area contributed by atoms with Crippen molar-refractivity contribution in [3.05, 3.63) is 0 Å². The number of amides is 1. The van der Waals surface area contributed by atoms with Crippen molar-refractivity contribution in [3.8, 4) is 0 Å². The Hall–Kier alpha value is -1.30. The molecular formula is C14H30N4O2. The highest BCUT2D eigenvalue weighted by Gasteiger charge is 2.05. The Morgan fingerprint density at radius 2 is 1.85 bits per heavy atom. The maximum Gasteiger partial charge on any atom is 0.241 e. The number of methoxy groups -OCH3 is 1. The fourth-order valence-corrected chi connectivity index (χ4v) is 1.66. The van der Waals surface area contributed by atoms with Crippen LogP contribution in [-0.4, -0.2) is 51.8 Å². The standard InChI is InChI=1S/C14H30N4O2/c1-5-12(6-2)10-17-14(15-7-3)18-11-13(19)16-8-9-20-4/h12H,5-11H2,1-4H3,(H,16,19)(H2,15,17,18). The van der Waals surface area contributed by atoms with E-state index in [4.69, 9.17) is 4.74 Å². The van der Waals surface area contributed by atoms with E-state index in [1.807, 2.05) is 6.92 Å². The van der Waals surface area contributed by atoms with Crippen LogP contribution in [0.5, 0.6) is 0 Å². The van der Waals surface area contributed by atoms with Crippen LogP contribution in [-0.2, 0) is 9.53 Å². The minimum Gasteiger partial charge on any atom is -0.383 e. The monoisotopic (exact) mass is 286 g/mol. The lowest BCUT2D eigenvalue weighted by Gasteiger charge is -2.16. The topological polar surface area (TPSA) is 74.8 Å². The fourth-order valence-electron chi connectivity index (χ4n) is 1.66. The molecule has 3 N–H and O–H groups in total. The molecule has 0 heterocycles.